The monoisotopic (exact) mass is 328 g/mol. The molecule has 0 saturated carbocycles. The first kappa shape index (κ1) is 17.6. The Labute approximate surface area is 140 Å². The van der Waals surface area contributed by atoms with E-state index in [9.17, 15) is 9.90 Å². The Bertz CT molecular complexity index is 674. The van der Waals surface area contributed by atoms with Crippen molar-refractivity contribution < 1.29 is 19.1 Å². The van der Waals surface area contributed by atoms with Crippen LogP contribution in [0, 0.1) is 11.3 Å². The fraction of sp³-hybridized carbons (Fsp3) is 0.333. The van der Waals surface area contributed by atoms with Crippen LogP contribution in [0.3, 0.4) is 0 Å². The summed E-state index contributed by atoms with van der Waals surface area (Å²) in [5.74, 6) is 0.958. The Morgan fingerprint density at radius 1 is 1.38 bits per heavy atom. The summed E-state index contributed by atoms with van der Waals surface area (Å²) in [6, 6.07) is 12.2. The van der Waals surface area contributed by atoms with E-state index in [1.165, 1.54) is 6.26 Å². The van der Waals surface area contributed by atoms with Gasteiger partial charge in [0.25, 0.3) is 0 Å². The Kier molecular flexibility index (Phi) is 6.41. The van der Waals surface area contributed by atoms with Gasteiger partial charge in [-0.1, -0.05) is 12.1 Å². The van der Waals surface area contributed by atoms with Crippen molar-refractivity contribution in [1.82, 2.24) is 5.32 Å². The molecule has 1 aromatic heterocycles. The molecule has 2 aromatic rings. The van der Waals surface area contributed by atoms with E-state index in [1.54, 1.807) is 36.4 Å². The van der Waals surface area contributed by atoms with Crippen LogP contribution in [-0.2, 0) is 11.2 Å². The van der Waals surface area contributed by atoms with Crippen molar-refractivity contribution in [2.45, 2.75) is 31.9 Å². The summed E-state index contributed by atoms with van der Waals surface area (Å²) in [7, 11) is 0. The molecule has 0 bridgehead atoms. The van der Waals surface area contributed by atoms with Crippen LogP contribution >= 0.6 is 0 Å². The molecular formula is C18H20N2O4. The molecule has 126 valence electrons. The largest absolute Gasteiger partial charge is 0.479 e. The number of amides is 1. The number of hydrogen-bond donors (Lipinski definition) is 2. The molecule has 0 fully saturated rings. The molecule has 6 heteroatoms. The number of nitrogens with zero attached hydrogens (tertiary/aromatic N) is 1. The van der Waals surface area contributed by atoms with E-state index >= 15 is 0 Å². The van der Waals surface area contributed by atoms with Gasteiger partial charge in [-0.2, -0.15) is 5.26 Å². The number of aliphatic hydroxyl groups is 1. The molecular weight excluding hydrogens is 308 g/mol. The molecule has 2 unspecified atom stereocenters. The summed E-state index contributed by atoms with van der Waals surface area (Å²) in [5, 5.41) is 21.3. The Morgan fingerprint density at radius 2 is 2.12 bits per heavy atom. The van der Waals surface area contributed by atoms with Crippen LogP contribution < -0.4 is 10.1 Å². The number of furan rings is 1. The number of ether oxygens (including phenoxy) is 1. The van der Waals surface area contributed by atoms with Gasteiger partial charge in [-0.3, -0.25) is 4.79 Å². The highest BCUT2D eigenvalue weighted by Crippen LogP contribution is 2.18. The van der Waals surface area contributed by atoms with Crippen molar-refractivity contribution in [2.24, 2.45) is 0 Å². The number of rotatable bonds is 8. The molecule has 2 N–H and O–H groups in total. The van der Waals surface area contributed by atoms with Gasteiger partial charge in [-0.15, -0.1) is 0 Å². The smallest absolute Gasteiger partial charge is 0.224 e. The lowest BCUT2D eigenvalue weighted by Gasteiger charge is -2.16. The van der Waals surface area contributed by atoms with Crippen molar-refractivity contribution in [2.75, 3.05) is 6.61 Å². The maximum absolute atomic E-state index is 12.1. The van der Waals surface area contributed by atoms with Gasteiger partial charge >= 0.3 is 0 Å². The molecule has 0 spiro atoms. The molecule has 6 nitrogen and oxygen atoms in total. The van der Waals surface area contributed by atoms with Crippen molar-refractivity contribution in [3.63, 3.8) is 0 Å². The molecule has 1 heterocycles. The minimum atomic E-state index is -0.744. The van der Waals surface area contributed by atoms with Crippen molar-refractivity contribution in [3.05, 3.63) is 54.0 Å². The van der Waals surface area contributed by atoms with E-state index < -0.39 is 6.10 Å². The zero-order valence-electron chi connectivity index (χ0n) is 13.4. The van der Waals surface area contributed by atoms with E-state index in [4.69, 9.17) is 14.4 Å². The average molecular weight is 328 g/mol. The summed E-state index contributed by atoms with van der Waals surface area (Å²) in [6.45, 7) is 1.83. The van der Waals surface area contributed by atoms with Gasteiger partial charge in [-0.25, -0.2) is 0 Å². The van der Waals surface area contributed by atoms with Crippen LogP contribution in [0.15, 0.2) is 47.1 Å². The van der Waals surface area contributed by atoms with Crippen LogP contribution in [0.2, 0.25) is 0 Å². The van der Waals surface area contributed by atoms with Gasteiger partial charge in [-0.05, 0) is 36.8 Å². The predicted octanol–water partition coefficient (Wildman–Crippen LogP) is 2.35. The lowest BCUT2D eigenvalue weighted by Crippen LogP contribution is -2.34. The Hall–Kier alpha value is -2.78. The lowest BCUT2D eigenvalue weighted by atomic mass is 10.1. The SMILES string of the molecule is CC(CC(O)c1ccco1)NC(=O)Cc1ccc(OCC#N)cc1. The molecule has 2 rings (SSSR count). The number of carbonyl (C=O) groups excluding carboxylic acids is 1. The molecule has 0 saturated heterocycles. The third kappa shape index (κ3) is 5.45. The average Bonchev–Trinajstić information content (AvgIpc) is 3.08. The molecule has 24 heavy (non-hydrogen) atoms. The fourth-order valence-electron chi connectivity index (χ4n) is 2.32. The summed E-state index contributed by atoms with van der Waals surface area (Å²) < 4.78 is 10.3. The second-order valence-corrected chi connectivity index (χ2v) is 5.50. The van der Waals surface area contributed by atoms with Crippen LogP contribution in [0.4, 0.5) is 0 Å². The number of carbonyl (C=O) groups is 1. The zero-order valence-corrected chi connectivity index (χ0v) is 13.4. The number of nitrogens with one attached hydrogen (secondary N) is 1. The molecule has 0 aliphatic carbocycles. The summed E-state index contributed by atoms with van der Waals surface area (Å²) in [4.78, 5) is 12.1. The highest BCUT2D eigenvalue weighted by molar-refractivity contribution is 5.78. The van der Waals surface area contributed by atoms with Gasteiger partial charge in [0.2, 0.25) is 5.91 Å². The number of nitriles is 1. The van der Waals surface area contributed by atoms with Gasteiger partial charge in [0, 0.05) is 12.5 Å². The molecule has 0 aliphatic heterocycles. The first-order valence-corrected chi connectivity index (χ1v) is 7.68. The van der Waals surface area contributed by atoms with E-state index in [-0.39, 0.29) is 25.0 Å². The van der Waals surface area contributed by atoms with Crippen LogP contribution in [-0.4, -0.2) is 23.7 Å². The second kappa shape index (κ2) is 8.75. The topological polar surface area (TPSA) is 95.5 Å². The van der Waals surface area contributed by atoms with Crippen molar-refractivity contribution >= 4 is 5.91 Å². The second-order valence-electron chi connectivity index (χ2n) is 5.50. The normalized spacial score (nSPS) is 12.9. The maximum Gasteiger partial charge on any atom is 0.224 e. The summed E-state index contributed by atoms with van der Waals surface area (Å²) in [6.07, 6.45) is 1.37. The van der Waals surface area contributed by atoms with E-state index in [0.29, 0.717) is 17.9 Å². The Balaban J connectivity index is 1.78. The minimum absolute atomic E-state index is 0.00462. The number of hydrogen-bond acceptors (Lipinski definition) is 5. The molecule has 0 aliphatic rings. The first-order chi connectivity index (χ1) is 11.6. The van der Waals surface area contributed by atoms with E-state index in [0.717, 1.165) is 5.56 Å². The van der Waals surface area contributed by atoms with Crippen molar-refractivity contribution in [1.29, 1.82) is 5.26 Å². The van der Waals surface area contributed by atoms with Crippen LogP contribution in [0.1, 0.15) is 30.8 Å². The van der Waals surface area contributed by atoms with Gasteiger partial charge in [0.15, 0.2) is 6.61 Å². The third-order valence-corrected chi connectivity index (χ3v) is 3.45. The molecule has 0 radical (unpaired) electrons. The van der Waals surface area contributed by atoms with Gasteiger partial charge < -0.3 is 19.6 Å². The van der Waals surface area contributed by atoms with Gasteiger partial charge in [0.05, 0.1) is 12.7 Å². The van der Waals surface area contributed by atoms with Crippen LogP contribution in [0.5, 0.6) is 5.75 Å². The standard InChI is InChI=1S/C18H20N2O4/c1-13(11-16(21)17-3-2-9-24-17)20-18(22)12-14-4-6-15(7-5-14)23-10-8-19/h2-7,9,13,16,21H,10-12H2,1H3,(H,20,22). The molecule has 1 aromatic carbocycles. The quantitative estimate of drug-likeness (QED) is 0.775. The lowest BCUT2D eigenvalue weighted by molar-refractivity contribution is -0.121. The highest BCUT2D eigenvalue weighted by Gasteiger charge is 2.16. The van der Waals surface area contributed by atoms with Crippen molar-refractivity contribution in [3.8, 4) is 11.8 Å². The maximum atomic E-state index is 12.1. The molecule has 2 atom stereocenters. The zero-order chi connectivity index (χ0) is 17.4. The Morgan fingerprint density at radius 3 is 2.75 bits per heavy atom. The summed E-state index contributed by atoms with van der Waals surface area (Å²) in [5.41, 5.74) is 0.843. The van der Waals surface area contributed by atoms with Gasteiger partial charge in [0.1, 0.15) is 23.7 Å². The predicted molar refractivity (Wildman–Crippen MR) is 87.1 cm³/mol. The van der Waals surface area contributed by atoms with E-state index in [2.05, 4.69) is 5.32 Å². The third-order valence-electron chi connectivity index (χ3n) is 3.45. The highest BCUT2D eigenvalue weighted by atomic mass is 16.5. The fourth-order valence-corrected chi connectivity index (χ4v) is 2.32. The number of benzene rings is 1. The number of aliphatic hydroxyl groups excluding tert-OH is 1. The first-order valence-electron chi connectivity index (χ1n) is 7.68. The molecule has 1 amide bonds. The van der Waals surface area contributed by atoms with E-state index in [1.807, 2.05) is 13.0 Å². The van der Waals surface area contributed by atoms with Crippen LogP contribution in [0.25, 0.3) is 0 Å². The summed E-state index contributed by atoms with van der Waals surface area (Å²) >= 11 is 0. The minimum Gasteiger partial charge on any atom is -0.479 e.